The SMILES string of the molecule is CCC(C)C(C)(O)CNCc1c(C)nn(CCO)c1C. The van der Waals surface area contributed by atoms with Crippen molar-refractivity contribution in [3.05, 3.63) is 17.0 Å². The maximum Gasteiger partial charge on any atom is 0.0768 e. The van der Waals surface area contributed by atoms with Crippen LogP contribution in [0.5, 0.6) is 0 Å². The molecule has 0 aliphatic rings. The Morgan fingerprint density at radius 1 is 1.40 bits per heavy atom. The number of aryl methyl sites for hydroxylation is 1. The molecule has 1 heterocycles. The van der Waals surface area contributed by atoms with Crippen molar-refractivity contribution in [1.82, 2.24) is 15.1 Å². The summed E-state index contributed by atoms with van der Waals surface area (Å²) in [6, 6.07) is 0. The van der Waals surface area contributed by atoms with Gasteiger partial charge in [-0.3, -0.25) is 4.68 Å². The third-order valence-corrected chi connectivity index (χ3v) is 4.30. The van der Waals surface area contributed by atoms with E-state index in [1.54, 1.807) is 0 Å². The van der Waals surface area contributed by atoms with E-state index >= 15 is 0 Å². The van der Waals surface area contributed by atoms with Crippen LogP contribution in [0.2, 0.25) is 0 Å². The summed E-state index contributed by atoms with van der Waals surface area (Å²) in [5.74, 6) is 0.259. The first-order valence-corrected chi connectivity index (χ1v) is 7.40. The van der Waals surface area contributed by atoms with Gasteiger partial charge < -0.3 is 15.5 Å². The lowest BCUT2D eigenvalue weighted by molar-refractivity contribution is 0.00532. The van der Waals surface area contributed by atoms with Gasteiger partial charge in [0, 0.05) is 24.3 Å². The van der Waals surface area contributed by atoms with E-state index in [-0.39, 0.29) is 12.5 Å². The average molecular weight is 283 g/mol. The lowest BCUT2D eigenvalue weighted by Gasteiger charge is -2.30. The van der Waals surface area contributed by atoms with Crippen molar-refractivity contribution in [3.8, 4) is 0 Å². The molecule has 0 aromatic carbocycles. The maximum atomic E-state index is 10.4. The highest BCUT2D eigenvalue weighted by Gasteiger charge is 2.26. The topological polar surface area (TPSA) is 70.3 Å². The van der Waals surface area contributed by atoms with E-state index in [2.05, 4.69) is 24.3 Å². The molecule has 0 bridgehead atoms. The van der Waals surface area contributed by atoms with Crippen LogP contribution in [0.15, 0.2) is 0 Å². The minimum atomic E-state index is -0.697. The summed E-state index contributed by atoms with van der Waals surface area (Å²) < 4.78 is 1.83. The highest BCUT2D eigenvalue weighted by atomic mass is 16.3. The molecule has 1 rings (SSSR count). The van der Waals surface area contributed by atoms with E-state index in [0.717, 1.165) is 23.4 Å². The Balaban J connectivity index is 2.62. The molecule has 5 heteroatoms. The van der Waals surface area contributed by atoms with Crippen molar-refractivity contribution in [2.75, 3.05) is 13.2 Å². The third kappa shape index (κ3) is 4.04. The van der Waals surface area contributed by atoms with Gasteiger partial charge in [-0.25, -0.2) is 0 Å². The lowest BCUT2D eigenvalue weighted by atomic mass is 9.88. The van der Waals surface area contributed by atoms with Crippen LogP contribution >= 0.6 is 0 Å². The van der Waals surface area contributed by atoms with Gasteiger partial charge in [0.15, 0.2) is 0 Å². The van der Waals surface area contributed by atoms with Crippen LogP contribution < -0.4 is 5.32 Å². The summed E-state index contributed by atoms with van der Waals surface area (Å²) in [4.78, 5) is 0. The molecule has 0 radical (unpaired) electrons. The quantitative estimate of drug-likeness (QED) is 0.674. The fraction of sp³-hybridized carbons (Fsp3) is 0.800. The predicted octanol–water partition coefficient (Wildman–Crippen LogP) is 1.38. The third-order valence-electron chi connectivity index (χ3n) is 4.30. The Morgan fingerprint density at radius 3 is 2.60 bits per heavy atom. The normalized spacial score (nSPS) is 16.1. The number of nitrogens with one attached hydrogen (secondary N) is 1. The molecule has 5 nitrogen and oxygen atoms in total. The van der Waals surface area contributed by atoms with Crippen LogP contribution in [0.25, 0.3) is 0 Å². The number of rotatable bonds is 8. The van der Waals surface area contributed by atoms with Crippen molar-refractivity contribution in [1.29, 1.82) is 0 Å². The second kappa shape index (κ2) is 7.20. The molecule has 1 aromatic heterocycles. The van der Waals surface area contributed by atoms with Crippen LogP contribution in [-0.2, 0) is 13.1 Å². The van der Waals surface area contributed by atoms with E-state index in [4.69, 9.17) is 5.11 Å². The van der Waals surface area contributed by atoms with E-state index in [0.29, 0.717) is 19.6 Å². The Labute approximate surface area is 122 Å². The van der Waals surface area contributed by atoms with Crippen molar-refractivity contribution in [2.24, 2.45) is 5.92 Å². The number of nitrogens with zero attached hydrogens (tertiary/aromatic N) is 2. The van der Waals surface area contributed by atoms with Crippen LogP contribution in [0.4, 0.5) is 0 Å². The number of aromatic nitrogens is 2. The van der Waals surface area contributed by atoms with E-state index in [9.17, 15) is 5.11 Å². The summed E-state index contributed by atoms with van der Waals surface area (Å²) in [5.41, 5.74) is 2.51. The molecule has 0 fully saturated rings. The lowest BCUT2D eigenvalue weighted by Crippen LogP contribution is -2.42. The molecular weight excluding hydrogens is 254 g/mol. The van der Waals surface area contributed by atoms with Crippen molar-refractivity contribution in [3.63, 3.8) is 0 Å². The average Bonchev–Trinajstić information content (AvgIpc) is 2.65. The molecule has 116 valence electrons. The number of hydrogen-bond acceptors (Lipinski definition) is 4. The molecule has 0 aliphatic heterocycles. The van der Waals surface area contributed by atoms with Crippen molar-refractivity contribution < 1.29 is 10.2 Å². The highest BCUT2D eigenvalue weighted by Crippen LogP contribution is 2.19. The van der Waals surface area contributed by atoms with E-state index in [1.807, 2.05) is 25.5 Å². The van der Waals surface area contributed by atoms with E-state index < -0.39 is 5.60 Å². The molecule has 0 aliphatic carbocycles. The summed E-state index contributed by atoms with van der Waals surface area (Å²) in [6.07, 6.45) is 0.959. The van der Waals surface area contributed by atoms with Crippen LogP contribution in [-0.4, -0.2) is 38.7 Å². The first-order valence-electron chi connectivity index (χ1n) is 7.40. The molecule has 0 saturated heterocycles. The van der Waals surface area contributed by atoms with E-state index in [1.165, 1.54) is 0 Å². The summed E-state index contributed by atoms with van der Waals surface area (Å²) in [7, 11) is 0. The fourth-order valence-electron chi connectivity index (χ4n) is 2.36. The Hall–Kier alpha value is -0.910. The molecule has 2 unspecified atom stereocenters. The standard InChI is InChI=1S/C15H29N3O2/c1-6-11(2)15(5,20)10-16-9-14-12(3)17-18(7-8-19)13(14)4/h11,16,19-20H,6-10H2,1-5H3. The monoisotopic (exact) mass is 283 g/mol. The summed E-state index contributed by atoms with van der Waals surface area (Å²) >= 11 is 0. The van der Waals surface area contributed by atoms with Gasteiger partial charge in [-0.05, 0) is 26.7 Å². The molecule has 0 amide bonds. The zero-order valence-electron chi connectivity index (χ0n) is 13.4. The van der Waals surface area contributed by atoms with Crippen molar-refractivity contribution in [2.45, 2.75) is 59.7 Å². The molecule has 20 heavy (non-hydrogen) atoms. The van der Waals surface area contributed by atoms with Crippen molar-refractivity contribution >= 4 is 0 Å². The molecule has 2 atom stereocenters. The zero-order valence-corrected chi connectivity index (χ0v) is 13.4. The van der Waals surface area contributed by atoms with Crippen LogP contribution in [0, 0.1) is 19.8 Å². The number of hydrogen-bond donors (Lipinski definition) is 3. The summed E-state index contributed by atoms with van der Waals surface area (Å²) in [5, 5.41) is 27.1. The molecule has 1 aromatic rings. The molecule has 0 spiro atoms. The first-order chi connectivity index (χ1) is 9.33. The van der Waals surface area contributed by atoms with Gasteiger partial charge in [0.2, 0.25) is 0 Å². The Kier molecular flexibility index (Phi) is 6.17. The smallest absolute Gasteiger partial charge is 0.0768 e. The Morgan fingerprint density at radius 2 is 2.05 bits per heavy atom. The maximum absolute atomic E-state index is 10.4. The minimum Gasteiger partial charge on any atom is -0.394 e. The first kappa shape index (κ1) is 17.1. The number of aliphatic hydroxyl groups excluding tert-OH is 1. The predicted molar refractivity (Wildman–Crippen MR) is 80.6 cm³/mol. The number of aliphatic hydroxyl groups is 2. The van der Waals surface area contributed by atoms with Crippen LogP contribution in [0.3, 0.4) is 0 Å². The second-order valence-corrected chi connectivity index (χ2v) is 5.87. The molecule has 3 N–H and O–H groups in total. The van der Waals surface area contributed by atoms with Gasteiger partial charge in [-0.15, -0.1) is 0 Å². The Bertz CT molecular complexity index is 427. The van der Waals surface area contributed by atoms with Gasteiger partial charge in [0.25, 0.3) is 0 Å². The largest absolute Gasteiger partial charge is 0.394 e. The summed E-state index contributed by atoms with van der Waals surface area (Å²) in [6.45, 7) is 11.9. The molecule has 0 saturated carbocycles. The fourth-order valence-corrected chi connectivity index (χ4v) is 2.36. The molecular formula is C15H29N3O2. The zero-order chi connectivity index (χ0) is 15.3. The second-order valence-electron chi connectivity index (χ2n) is 5.87. The van der Waals surface area contributed by atoms with Gasteiger partial charge in [0.1, 0.15) is 0 Å². The van der Waals surface area contributed by atoms with Gasteiger partial charge in [-0.2, -0.15) is 5.10 Å². The van der Waals surface area contributed by atoms with Gasteiger partial charge in [-0.1, -0.05) is 20.3 Å². The minimum absolute atomic E-state index is 0.0948. The highest BCUT2D eigenvalue weighted by molar-refractivity contribution is 5.24. The van der Waals surface area contributed by atoms with Gasteiger partial charge in [0.05, 0.1) is 24.4 Å². The van der Waals surface area contributed by atoms with Gasteiger partial charge >= 0.3 is 0 Å². The van der Waals surface area contributed by atoms with Crippen LogP contribution in [0.1, 0.15) is 44.1 Å².